The van der Waals surface area contributed by atoms with Crippen LogP contribution >= 0.6 is 0 Å². The van der Waals surface area contributed by atoms with Gasteiger partial charge in [0.05, 0.1) is 6.20 Å². The number of hydrogen-bond donors (Lipinski definition) is 1. The van der Waals surface area contributed by atoms with Crippen LogP contribution in [0.25, 0.3) is 0 Å². The second-order valence-electron chi connectivity index (χ2n) is 1.61. The fraction of sp³-hybridized carbons (Fsp3) is 0.400. The second-order valence-corrected chi connectivity index (χ2v) is 1.61. The van der Waals surface area contributed by atoms with Gasteiger partial charge in [-0.05, 0) is 6.92 Å². The van der Waals surface area contributed by atoms with Crippen molar-refractivity contribution in [1.29, 1.82) is 0 Å². The van der Waals surface area contributed by atoms with E-state index in [0.717, 1.165) is 11.3 Å². The van der Waals surface area contributed by atoms with Gasteiger partial charge in [-0.25, -0.2) is 0 Å². The first-order chi connectivity index (χ1) is 3.84. The van der Waals surface area contributed by atoms with E-state index in [4.69, 9.17) is 10.3 Å². The molecule has 0 fully saturated rings. The first kappa shape index (κ1) is 5.31. The van der Waals surface area contributed by atoms with Gasteiger partial charge in [-0.2, -0.15) is 0 Å². The second kappa shape index (κ2) is 1.96. The molecule has 0 atom stereocenters. The summed E-state index contributed by atoms with van der Waals surface area (Å²) >= 11 is 0. The normalized spacial score (nSPS) is 9.75. The Bertz CT molecular complexity index is 171. The third-order valence-electron chi connectivity index (χ3n) is 1.07. The highest BCUT2D eigenvalue weighted by Crippen LogP contribution is 2.02. The van der Waals surface area contributed by atoms with E-state index < -0.39 is 0 Å². The maximum absolute atomic E-state index is 5.30. The van der Waals surface area contributed by atoms with Gasteiger partial charge in [-0.1, -0.05) is 5.16 Å². The SMILES string of the molecule is Cc1oncc1CN. The average molecular weight is 112 g/mol. The molecule has 0 aliphatic rings. The third-order valence-corrected chi connectivity index (χ3v) is 1.07. The van der Waals surface area contributed by atoms with Crippen molar-refractivity contribution in [1.82, 2.24) is 5.16 Å². The van der Waals surface area contributed by atoms with Crippen molar-refractivity contribution in [3.8, 4) is 0 Å². The molecular formula is C5H8N2O. The summed E-state index contributed by atoms with van der Waals surface area (Å²) in [7, 11) is 0. The number of aryl methyl sites for hydroxylation is 1. The van der Waals surface area contributed by atoms with Crippen LogP contribution in [0.15, 0.2) is 10.7 Å². The minimum absolute atomic E-state index is 0.509. The summed E-state index contributed by atoms with van der Waals surface area (Å²) in [5.74, 6) is 0.813. The Balaban J connectivity index is 2.92. The minimum atomic E-state index is 0.509. The zero-order valence-corrected chi connectivity index (χ0v) is 4.72. The highest BCUT2D eigenvalue weighted by atomic mass is 16.5. The summed E-state index contributed by atoms with van der Waals surface area (Å²) in [5.41, 5.74) is 6.27. The maximum Gasteiger partial charge on any atom is 0.138 e. The molecule has 0 aliphatic carbocycles. The average Bonchev–Trinajstić information content (AvgIpc) is 2.14. The summed E-state index contributed by atoms with van der Waals surface area (Å²) in [6.45, 7) is 2.35. The van der Waals surface area contributed by atoms with E-state index in [1.807, 2.05) is 6.92 Å². The van der Waals surface area contributed by atoms with Crippen LogP contribution in [0.3, 0.4) is 0 Å². The fourth-order valence-electron chi connectivity index (χ4n) is 0.515. The molecule has 0 saturated heterocycles. The number of nitrogens with two attached hydrogens (primary N) is 1. The standard InChI is InChI=1S/C5H8N2O/c1-4-5(2-6)3-7-8-4/h3H,2,6H2,1H3. The van der Waals surface area contributed by atoms with Crippen LogP contribution in [0.1, 0.15) is 11.3 Å². The van der Waals surface area contributed by atoms with Crippen LogP contribution in [0.2, 0.25) is 0 Å². The minimum Gasteiger partial charge on any atom is -0.361 e. The molecule has 8 heavy (non-hydrogen) atoms. The molecule has 1 rings (SSSR count). The summed E-state index contributed by atoms with van der Waals surface area (Å²) < 4.78 is 4.73. The molecule has 3 heteroatoms. The Morgan fingerprint density at radius 1 is 1.88 bits per heavy atom. The molecule has 1 heterocycles. The molecule has 3 nitrogen and oxygen atoms in total. The molecule has 0 aliphatic heterocycles. The first-order valence-corrected chi connectivity index (χ1v) is 2.45. The van der Waals surface area contributed by atoms with E-state index >= 15 is 0 Å². The van der Waals surface area contributed by atoms with Gasteiger partial charge in [0.25, 0.3) is 0 Å². The first-order valence-electron chi connectivity index (χ1n) is 2.45. The van der Waals surface area contributed by atoms with Gasteiger partial charge >= 0.3 is 0 Å². The van der Waals surface area contributed by atoms with Gasteiger partial charge in [0, 0.05) is 12.1 Å². The van der Waals surface area contributed by atoms with E-state index in [9.17, 15) is 0 Å². The van der Waals surface area contributed by atoms with Crippen molar-refractivity contribution in [2.75, 3.05) is 0 Å². The van der Waals surface area contributed by atoms with Gasteiger partial charge in [0.2, 0.25) is 0 Å². The summed E-state index contributed by atoms with van der Waals surface area (Å²) in [5, 5.41) is 3.54. The van der Waals surface area contributed by atoms with Crippen LogP contribution < -0.4 is 5.73 Å². The van der Waals surface area contributed by atoms with Crippen LogP contribution in [0.5, 0.6) is 0 Å². The van der Waals surface area contributed by atoms with Crippen molar-refractivity contribution >= 4 is 0 Å². The predicted octanol–water partition coefficient (Wildman–Crippen LogP) is 0.442. The van der Waals surface area contributed by atoms with Crippen LogP contribution in [-0.4, -0.2) is 5.16 Å². The molecule has 44 valence electrons. The van der Waals surface area contributed by atoms with Gasteiger partial charge in [0.15, 0.2) is 0 Å². The quantitative estimate of drug-likeness (QED) is 0.573. The van der Waals surface area contributed by atoms with Gasteiger partial charge in [0.1, 0.15) is 5.76 Å². The predicted molar refractivity (Wildman–Crippen MR) is 29.1 cm³/mol. The van der Waals surface area contributed by atoms with Gasteiger partial charge in [-0.3, -0.25) is 0 Å². The Hall–Kier alpha value is -0.830. The van der Waals surface area contributed by atoms with Crippen molar-refractivity contribution < 1.29 is 4.52 Å². The van der Waals surface area contributed by atoms with Crippen molar-refractivity contribution in [3.05, 3.63) is 17.5 Å². The number of nitrogens with zero attached hydrogens (tertiary/aromatic N) is 1. The Labute approximate surface area is 47.5 Å². The smallest absolute Gasteiger partial charge is 0.138 e. The van der Waals surface area contributed by atoms with Gasteiger partial charge < -0.3 is 10.3 Å². The molecule has 0 spiro atoms. The van der Waals surface area contributed by atoms with E-state index in [2.05, 4.69) is 5.16 Å². The number of rotatable bonds is 1. The summed E-state index contributed by atoms with van der Waals surface area (Å²) in [4.78, 5) is 0. The molecule has 0 radical (unpaired) electrons. The van der Waals surface area contributed by atoms with E-state index in [-0.39, 0.29) is 0 Å². The van der Waals surface area contributed by atoms with Crippen LogP contribution in [0, 0.1) is 6.92 Å². The Morgan fingerprint density at radius 2 is 2.62 bits per heavy atom. The Kier molecular flexibility index (Phi) is 1.30. The molecular weight excluding hydrogens is 104 g/mol. The van der Waals surface area contributed by atoms with Crippen LogP contribution in [-0.2, 0) is 6.54 Å². The summed E-state index contributed by atoms with van der Waals surface area (Å²) in [6.07, 6.45) is 1.63. The highest BCUT2D eigenvalue weighted by Gasteiger charge is 1.96. The number of aromatic nitrogens is 1. The van der Waals surface area contributed by atoms with E-state index in [1.165, 1.54) is 0 Å². The largest absolute Gasteiger partial charge is 0.361 e. The van der Waals surface area contributed by atoms with E-state index in [0.29, 0.717) is 6.54 Å². The van der Waals surface area contributed by atoms with Crippen molar-refractivity contribution in [2.24, 2.45) is 5.73 Å². The maximum atomic E-state index is 5.30. The van der Waals surface area contributed by atoms with E-state index in [1.54, 1.807) is 6.20 Å². The Morgan fingerprint density at radius 3 is 2.88 bits per heavy atom. The molecule has 2 N–H and O–H groups in total. The topological polar surface area (TPSA) is 52.0 Å². The van der Waals surface area contributed by atoms with Crippen molar-refractivity contribution in [2.45, 2.75) is 13.5 Å². The molecule has 0 saturated carbocycles. The lowest BCUT2D eigenvalue weighted by atomic mass is 10.3. The fourth-order valence-corrected chi connectivity index (χ4v) is 0.515. The number of hydrogen-bond acceptors (Lipinski definition) is 3. The zero-order valence-electron chi connectivity index (χ0n) is 4.72. The monoisotopic (exact) mass is 112 g/mol. The van der Waals surface area contributed by atoms with Crippen molar-refractivity contribution in [3.63, 3.8) is 0 Å². The molecule has 1 aromatic heterocycles. The molecule has 0 unspecified atom stereocenters. The van der Waals surface area contributed by atoms with Gasteiger partial charge in [-0.15, -0.1) is 0 Å². The lowest BCUT2D eigenvalue weighted by Crippen LogP contribution is -1.95. The molecule has 1 aromatic rings. The molecule has 0 bridgehead atoms. The third kappa shape index (κ3) is 0.721. The lowest BCUT2D eigenvalue weighted by Gasteiger charge is -1.84. The van der Waals surface area contributed by atoms with Crippen LogP contribution in [0.4, 0.5) is 0 Å². The lowest BCUT2D eigenvalue weighted by molar-refractivity contribution is 0.396. The summed E-state index contributed by atoms with van der Waals surface area (Å²) in [6, 6.07) is 0. The molecule has 0 amide bonds. The zero-order chi connectivity index (χ0) is 5.98. The highest BCUT2D eigenvalue weighted by molar-refractivity contribution is 5.10. The molecule has 0 aromatic carbocycles.